The van der Waals surface area contributed by atoms with Crippen LogP contribution >= 0.6 is 11.8 Å². The van der Waals surface area contributed by atoms with E-state index in [-0.39, 0.29) is 28.6 Å². The molecule has 0 saturated carbocycles. The van der Waals surface area contributed by atoms with Crippen molar-refractivity contribution < 1.29 is 18.8 Å². The van der Waals surface area contributed by atoms with Gasteiger partial charge in [0.15, 0.2) is 13.4 Å². The summed E-state index contributed by atoms with van der Waals surface area (Å²) in [5.74, 6) is 0.576. The van der Waals surface area contributed by atoms with Crippen molar-refractivity contribution in [2.24, 2.45) is 0 Å². The van der Waals surface area contributed by atoms with E-state index in [4.69, 9.17) is 9.16 Å². The number of carbonyl (C=O) groups excluding carboxylic acids is 2. The summed E-state index contributed by atoms with van der Waals surface area (Å²) in [6, 6.07) is 0.978. The molecule has 7 heteroatoms. The molecule has 29 heavy (non-hydrogen) atoms. The predicted octanol–water partition coefficient (Wildman–Crippen LogP) is 6.65. The molecule has 0 fully saturated rings. The van der Waals surface area contributed by atoms with Crippen LogP contribution in [0, 0.1) is 0 Å². The lowest BCUT2D eigenvalue weighted by Gasteiger charge is -2.38. The van der Waals surface area contributed by atoms with E-state index in [1.807, 2.05) is 19.1 Å². The quantitative estimate of drug-likeness (QED) is 0.133. The molecule has 0 aromatic carbocycles. The number of esters is 1. The van der Waals surface area contributed by atoms with E-state index in [1.165, 1.54) is 11.8 Å². The summed E-state index contributed by atoms with van der Waals surface area (Å²) in [6.45, 7) is 20.3. The zero-order chi connectivity index (χ0) is 22.7. The van der Waals surface area contributed by atoms with Crippen LogP contribution < -0.4 is 0 Å². The zero-order valence-electron chi connectivity index (χ0n) is 20.2. The van der Waals surface area contributed by atoms with Gasteiger partial charge in [-0.25, -0.2) is 0 Å². The van der Waals surface area contributed by atoms with Gasteiger partial charge in [0, 0.05) is 20.2 Å². The van der Waals surface area contributed by atoms with Crippen molar-refractivity contribution in [3.63, 3.8) is 0 Å². The highest BCUT2D eigenvalue weighted by Gasteiger charge is 2.39. The summed E-state index contributed by atoms with van der Waals surface area (Å²) in [6.07, 6.45) is 6.33. The smallest absolute Gasteiger partial charge is 0.308 e. The van der Waals surface area contributed by atoms with Crippen molar-refractivity contribution in [1.29, 1.82) is 0 Å². The number of allylic oxidation sites excluding steroid dienone is 1. The van der Waals surface area contributed by atoms with Gasteiger partial charge in [0.05, 0.1) is 19.1 Å². The lowest BCUT2D eigenvalue weighted by Crippen LogP contribution is -2.44. The Hall–Kier alpha value is -0.376. The highest BCUT2D eigenvalue weighted by molar-refractivity contribution is 8.13. The molecular formula is C22H44O4SSi2. The molecule has 0 bridgehead atoms. The van der Waals surface area contributed by atoms with Gasteiger partial charge in [-0.05, 0) is 37.0 Å². The van der Waals surface area contributed by atoms with Crippen LogP contribution in [-0.4, -0.2) is 45.9 Å². The van der Waals surface area contributed by atoms with E-state index >= 15 is 0 Å². The van der Waals surface area contributed by atoms with E-state index in [1.54, 1.807) is 0 Å². The molecule has 0 amide bonds. The lowest BCUT2D eigenvalue weighted by atomic mass is 10.2. The third-order valence-electron chi connectivity index (χ3n) is 5.09. The summed E-state index contributed by atoms with van der Waals surface area (Å²) >= 11 is 1.39. The van der Waals surface area contributed by atoms with Crippen molar-refractivity contribution in [3.8, 4) is 0 Å². The minimum absolute atomic E-state index is 0.0727. The summed E-state index contributed by atoms with van der Waals surface area (Å²) in [5, 5.41) is 0.324. The number of carbonyl (C=O) groups is 2. The first kappa shape index (κ1) is 28.6. The number of hydrogen-bond donors (Lipinski definition) is 0. The van der Waals surface area contributed by atoms with Crippen molar-refractivity contribution >= 4 is 39.2 Å². The Labute approximate surface area is 185 Å². The second-order valence-electron chi connectivity index (χ2n) is 10.3. The third-order valence-corrected chi connectivity index (χ3v) is 12.3. The molecule has 0 saturated heterocycles. The molecule has 0 rings (SSSR count). The van der Waals surface area contributed by atoms with Crippen molar-refractivity contribution in [1.82, 2.24) is 0 Å². The first-order valence-electron chi connectivity index (χ1n) is 10.8. The topological polar surface area (TPSA) is 52.6 Å². The van der Waals surface area contributed by atoms with Crippen LogP contribution in [-0.2, 0) is 18.8 Å². The highest BCUT2D eigenvalue weighted by Crippen LogP contribution is 2.37. The van der Waals surface area contributed by atoms with Gasteiger partial charge in [0.25, 0.3) is 0 Å². The van der Waals surface area contributed by atoms with E-state index in [0.29, 0.717) is 13.0 Å². The Balaban J connectivity index is 4.82. The van der Waals surface area contributed by atoms with Gasteiger partial charge < -0.3 is 9.16 Å². The lowest BCUT2D eigenvalue weighted by molar-refractivity contribution is -0.144. The molecule has 0 aliphatic rings. The van der Waals surface area contributed by atoms with Crippen LogP contribution in [0.1, 0.15) is 53.4 Å². The molecule has 0 aliphatic carbocycles. The van der Waals surface area contributed by atoms with Crippen molar-refractivity contribution in [2.45, 2.75) is 103 Å². The van der Waals surface area contributed by atoms with Crippen LogP contribution in [0.4, 0.5) is 0 Å². The average Bonchev–Trinajstić information content (AvgIpc) is 2.51. The maximum Gasteiger partial charge on any atom is 0.308 e. The van der Waals surface area contributed by atoms with Crippen LogP contribution in [0.2, 0.25) is 43.8 Å². The maximum absolute atomic E-state index is 12.4. The Kier molecular flexibility index (Phi) is 13.0. The number of rotatable bonds is 13. The monoisotopic (exact) mass is 460 g/mol. The van der Waals surface area contributed by atoms with Crippen LogP contribution in [0.25, 0.3) is 0 Å². The second kappa shape index (κ2) is 13.1. The molecule has 0 radical (unpaired) electrons. The fourth-order valence-electron chi connectivity index (χ4n) is 2.16. The van der Waals surface area contributed by atoms with E-state index in [0.717, 1.165) is 24.6 Å². The average molecular weight is 461 g/mol. The van der Waals surface area contributed by atoms with Crippen molar-refractivity contribution in [2.75, 3.05) is 12.4 Å². The molecule has 0 heterocycles. The Morgan fingerprint density at radius 1 is 1.10 bits per heavy atom. The van der Waals surface area contributed by atoms with Gasteiger partial charge in [-0.15, -0.1) is 0 Å². The summed E-state index contributed by atoms with van der Waals surface area (Å²) in [4.78, 5) is 24.0. The normalized spacial score (nSPS) is 14.2. The molecule has 0 N–H and O–H groups in total. The molecule has 4 nitrogen and oxygen atoms in total. The summed E-state index contributed by atoms with van der Waals surface area (Å²) in [7, 11) is -3.22. The minimum Gasteiger partial charge on any atom is -0.466 e. The first-order valence-corrected chi connectivity index (χ1v) is 18.4. The summed E-state index contributed by atoms with van der Waals surface area (Å²) in [5.41, 5.74) is 0. The molecule has 1 atom stereocenters. The zero-order valence-corrected chi connectivity index (χ0v) is 23.0. The molecule has 170 valence electrons. The molecule has 0 aromatic heterocycles. The van der Waals surface area contributed by atoms with Gasteiger partial charge in [0.1, 0.15) is 0 Å². The van der Waals surface area contributed by atoms with Gasteiger partial charge in [-0.2, -0.15) is 0 Å². The van der Waals surface area contributed by atoms with Gasteiger partial charge in [-0.1, -0.05) is 71.2 Å². The fourth-order valence-corrected chi connectivity index (χ4v) is 4.98. The molecular weight excluding hydrogens is 416 g/mol. The van der Waals surface area contributed by atoms with Crippen LogP contribution in [0.3, 0.4) is 0 Å². The van der Waals surface area contributed by atoms with Gasteiger partial charge >= 0.3 is 5.97 Å². The Morgan fingerprint density at radius 3 is 2.24 bits per heavy atom. The van der Waals surface area contributed by atoms with Crippen LogP contribution in [0.5, 0.6) is 0 Å². The molecule has 0 aromatic rings. The summed E-state index contributed by atoms with van der Waals surface area (Å²) < 4.78 is 12.0. The fraction of sp³-hybridized carbons (Fsp3) is 0.818. The third kappa shape index (κ3) is 14.3. The Bertz CT molecular complexity index is 534. The van der Waals surface area contributed by atoms with E-state index in [2.05, 4.69) is 53.5 Å². The molecule has 0 aliphatic heterocycles. The second-order valence-corrected chi connectivity index (χ2v) is 21.9. The first-order chi connectivity index (χ1) is 13.2. The predicted molar refractivity (Wildman–Crippen MR) is 132 cm³/mol. The van der Waals surface area contributed by atoms with E-state index < -0.39 is 16.4 Å². The van der Waals surface area contributed by atoms with Crippen molar-refractivity contribution in [3.05, 3.63) is 12.2 Å². The number of ether oxygens (including phenoxy) is 1. The van der Waals surface area contributed by atoms with Gasteiger partial charge in [0.2, 0.25) is 0 Å². The molecule has 0 spiro atoms. The highest BCUT2D eigenvalue weighted by atomic mass is 32.2. The Morgan fingerprint density at radius 2 is 1.72 bits per heavy atom. The number of thioether (sulfide) groups is 1. The minimum atomic E-state index is -2.00. The van der Waals surface area contributed by atoms with E-state index in [9.17, 15) is 9.59 Å². The van der Waals surface area contributed by atoms with Crippen LogP contribution in [0.15, 0.2) is 12.2 Å². The van der Waals surface area contributed by atoms with Gasteiger partial charge in [-0.3, -0.25) is 9.59 Å². The largest absolute Gasteiger partial charge is 0.466 e. The number of hydrogen-bond acceptors (Lipinski definition) is 5. The SMILES string of the molecule is CCCC(=O)SCC/C=C/[C@H](CC(=O)OCC[Si](C)(C)C)O[Si](C)(C)C(C)(C)C. The standard InChI is InChI=1S/C22H44O4SSi2/c1-10-13-21(24)27-16-12-11-14-19(26-29(8,9)22(2,3)4)18-20(23)25-15-17-28(5,6)7/h11,14,19H,10,12-13,15-18H2,1-9H3/b14-11+/t19-/m1/s1. The molecule has 0 unspecified atom stereocenters. The maximum atomic E-state index is 12.4.